The Kier molecular flexibility index (Phi) is 5.60. The first-order valence-electron chi connectivity index (χ1n) is 9.63. The van der Waals surface area contributed by atoms with E-state index in [0.717, 1.165) is 15.2 Å². The minimum absolute atomic E-state index is 0.114. The van der Waals surface area contributed by atoms with Crippen molar-refractivity contribution in [3.8, 4) is 5.75 Å². The molecule has 0 saturated carbocycles. The molecule has 0 unspecified atom stereocenters. The zero-order valence-corrected chi connectivity index (χ0v) is 17.4. The van der Waals surface area contributed by atoms with Gasteiger partial charge in [-0.15, -0.1) is 0 Å². The van der Waals surface area contributed by atoms with Crippen LogP contribution in [-0.4, -0.2) is 16.9 Å². The molecule has 4 rings (SSSR count). The first-order chi connectivity index (χ1) is 15.0. The molecule has 6 heteroatoms. The molecule has 4 aromatic carbocycles. The van der Waals surface area contributed by atoms with Crippen LogP contribution in [-0.2, 0) is 0 Å². The van der Waals surface area contributed by atoms with E-state index in [2.05, 4.69) is 5.32 Å². The maximum Gasteiger partial charge on any atom is 0.273 e. The molecule has 2 amide bonds. The van der Waals surface area contributed by atoms with Crippen LogP contribution in [0.1, 0.15) is 26.3 Å². The Morgan fingerprint density at radius 3 is 2.19 bits per heavy atom. The van der Waals surface area contributed by atoms with E-state index in [0.29, 0.717) is 22.5 Å². The summed E-state index contributed by atoms with van der Waals surface area (Å²) in [6.07, 6.45) is 0. The number of amides is 2. The number of hydrogen-bond acceptors (Lipinski definition) is 3. The van der Waals surface area contributed by atoms with Gasteiger partial charge in [0.2, 0.25) is 0 Å². The summed E-state index contributed by atoms with van der Waals surface area (Å²) in [4.78, 5) is 25.8. The van der Waals surface area contributed by atoms with E-state index in [-0.39, 0.29) is 11.3 Å². The number of halogens is 1. The van der Waals surface area contributed by atoms with Crippen LogP contribution in [0.2, 0.25) is 0 Å². The quantitative estimate of drug-likeness (QED) is 0.395. The van der Waals surface area contributed by atoms with Crippen LogP contribution in [0, 0.1) is 6.92 Å². The summed E-state index contributed by atoms with van der Waals surface area (Å²) in [5.74, 6) is -0.992. The normalized spacial score (nSPS) is 10.6. The predicted octanol–water partition coefficient (Wildman–Crippen LogP) is 5.91. The summed E-state index contributed by atoms with van der Waals surface area (Å²) in [5, 5.41) is 14.8. The molecular formula is C25H19ClN2O3. The Hall–Kier alpha value is -3.83. The Balaban J connectivity index is 1.62. The number of nitrogens with one attached hydrogen (secondary N) is 1. The van der Waals surface area contributed by atoms with Gasteiger partial charge in [0.05, 0.1) is 11.3 Å². The number of rotatable bonds is 4. The molecule has 154 valence electrons. The van der Waals surface area contributed by atoms with Gasteiger partial charge in [-0.25, -0.2) is 4.42 Å². The molecule has 5 nitrogen and oxygen atoms in total. The van der Waals surface area contributed by atoms with Crippen LogP contribution in [0.15, 0.2) is 84.9 Å². The van der Waals surface area contributed by atoms with E-state index < -0.39 is 11.8 Å². The molecule has 0 aliphatic carbocycles. The molecule has 0 atom stereocenters. The number of fused-ring (bicyclic) bond motifs is 1. The zero-order valence-electron chi connectivity index (χ0n) is 16.7. The van der Waals surface area contributed by atoms with Crippen molar-refractivity contribution in [1.29, 1.82) is 0 Å². The number of nitrogens with zero attached hydrogens (tertiary/aromatic N) is 1. The number of para-hydroxylation sites is 1. The largest absolute Gasteiger partial charge is 0.507 e. The van der Waals surface area contributed by atoms with Crippen LogP contribution < -0.4 is 9.74 Å². The van der Waals surface area contributed by atoms with Gasteiger partial charge < -0.3 is 10.4 Å². The number of phenolic OH excluding ortho intramolecular Hbond substituents is 1. The number of phenols is 1. The highest BCUT2D eigenvalue weighted by Crippen LogP contribution is 2.28. The summed E-state index contributed by atoms with van der Waals surface area (Å²) in [5.41, 5.74) is 2.09. The highest BCUT2D eigenvalue weighted by Gasteiger charge is 2.20. The molecule has 0 radical (unpaired) electrons. The molecule has 0 saturated heterocycles. The second kappa shape index (κ2) is 8.50. The monoisotopic (exact) mass is 430 g/mol. The van der Waals surface area contributed by atoms with E-state index in [4.69, 9.17) is 11.8 Å². The molecule has 31 heavy (non-hydrogen) atoms. The number of benzene rings is 4. The SMILES string of the molecule is Cc1c(NC(=O)c2cc3ccccc3cc2O)cccc1C(=O)N(Cl)c1ccccc1. The molecule has 0 aromatic heterocycles. The van der Waals surface area contributed by atoms with E-state index in [1.54, 1.807) is 61.5 Å². The highest BCUT2D eigenvalue weighted by molar-refractivity contribution is 6.39. The number of anilines is 2. The molecule has 0 fully saturated rings. The van der Waals surface area contributed by atoms with E-state index in [1.807, 2.05) is 30.3 Å². The topological polar surface area (TPSA) is 69.6 Å². The van der Waals surface area contributed by atoms with Crippen LogP contribution >= 0.6 is 11.8 Å². The molecule has 0 heterocycles. The summed E-state index contributed by atoms with van der Waals surface area (Å²) in [7, 11) is 0. The van der Waals surface area contributed by atoms with Crippen molar-refractivity contribution in [3.05, 3.63) is 102 Å². The molecule has 0 spiro atoms. The Morgan fingerprint density at radius 1 is 0.839 bits per heavy atom. The second-order valence-electron chi connectivity index (χ2n) is 7.07. The van der Waals surface area contributed by atoms with Crippen LogP contribution in [0.4, 0.5) is 11.4 Å². The van der Waals surface area contributed by atoms with Crippen LogP contribution in [0.5, 0.6) is 5.75 Å². The van der Waals surface area contributed by atoms with Crippen molar-refractivity contribution in [1.82, 2.24) is 0 Å². The fourth-order valence-corrected chi connectivity index (χ4v) is 3.59. The first-order valence-corrected chi connectivity index (χ1v) is 9.97. The fourth-order valence-electron chi connectivity index (χ4n) is 3.38. The van der Waals surface area contributed by atoms with Gasteiger partial charge >= 0.3 is 0 Å². The van der Waals surface area contributed by atoms with Crippen molar-refractivity contribution in [2.24, 2.45) is 0 Å². The lowest BCUT2D eigenvalue weighted by atomic mass is 10.0. The van der Waals surface area contributed by atoms with Crippen molar-refractivity contribution in [2.75, 3.05) is 9.74 Å². The lowest BCUT2D eigenvalue weighted by Gasteiger charge is -2.17. The third kappa shape index (κ3) is 4.09. The van der Waals surface area contributed by atoms with E-state index in [1.165, 1.54) is 0 Å². The van der Waals surface area contributed by atoms with E-state index >= 15 is 0 Å². The van der Waals surface area contributed by atoms with Gasteiger partial charge in [0, 0.05) is 23.0 Å². The highest BCUT2D eigenvalue weighted by atomic mass is 35.5. The average molecular weight is 431 g/mol. The Labute approximate surface area is 184 Å². The first kappa shape index (κ1) is 20.4. The van der Waals surface area contributed by atoms with Gasteiger partial charge in [-0.05, 0) is 59.7 Å². The molecule has 0 aliphatic heterocycles. The summed E-state index contributed by atoms with van der Waals surface area (Å²) in [6, 6.07) is 24.6. The maximum absolute atomic E-state index is 12.9. The third-order valence-corrected chi connectivity index (χ3v) is 5.43. The average Bonchev–Trinajstić information content (AvgIpc) is 2.79. The predicted molar refractivity (Wildman–Crippen MR) is 124 cm³/mol. The number of carbonyl (C=O) groups is 2. The lowest BCUT2D eigenvalue weighted by Crippen LogP contribution is -2.22. The van der Waals surface area contributed by atoms with Crippen LogP contribution in [0.25, 0.3) is 10.8 Å². The molecular weight excluding hydrogens is 412 g/mol. The van der Waals surface area contributed by atoms with Crippen molar-refractivity contribution >= 4 is 45.7 Å². The zero-order chi connectivity index (χ0) is 22.0. The third-order valence-electron chi connectivity index (χ3n) is 5.08. The van der Waals surface area contributed by atoms with Gasteiger partial charge in [0.15, 0.2) is 0 Å². The van der Waals surface area contributed by atoms with Gasteiger partial charge in [0.25, 0.3) is 11.8 Å². The van der Waals surface area contributed by atoms with E-state index in [9.17, 15) is 14.7 Å². The standard InChI is InChI=1S/C25H19ClN2O3/c1-16-20(25(31)28(26)19-10-3-2-4-11-19)12-7-13-22(16)27-24(30)21-14-17-8-5-6-9-18(17)15-23(21)29/h2-15,29H,1H3,(H,27,30). The number of hydrogen-bond donors (Lipinski definition) is 2. The maximum atomic E-state index is 12.9. The van der Waals surface area contributed by atoms with Gasteiger partial charge in [-0.3, -0.25) is 9.59 Å². The molecule has 0 aliphatic rings. The Bertz CT molecular complexity index is 1290. The second-order valence-corrected chi connectivity index (χ2v) is 7.41. The lowest BCUT2D eigenvalue weighted by molar-refractivity contribution is 0.0999. The van der Waals surface area contributed by atoms with Gasteiger partial charge in [-0.2, -0.15) is 0 Å². The van der Waals surface area contributed by atoms with Crippen LogP contribution in [0.3, 0.4) is 0 Å². The number of aromatic hydroxyl groups is 1. The fraction of sp³-hybridized carbons (Fsp3) is 0.0400. The van der Waals surface area contributed by atoms with Gasteiger partial charge in [-0.1, -0.05) is 48.5 Å². The van der Waals surface area contributed by atoms with Crippen molar-refractivity contribution in [3.63, 3.8) is 0 Å². The molecule has 0 bridgehead atoms. The Morgan fingerprint density at radius 2 is 1.48 bits per heavy atom. The molecule has 4 aromatic rings. The minimum Gasteiger partial charge on any atom is -0.507 e. The summed E-state index contributed by atoms with van der Waals surface area (Å²) in [6.45, 7) is 1.73. The number of carbonyl (C=O) groups excluding carboxylic acids is 2. The van der Waals surface area contributed by atoms with Gasteiger partial charge in [0.1, 0.15) is 5.75 Å². The van der Waals surface area contributed by atoms with Crippen molar-refractivity contribution < 1.29 is 14.7 Å². The van der Waals surface area contributed by atoms with Crippen molar-refractivity contribution in [2.45, 2.75) is 6.92 Å². The smallest absolute Gasteiger partial charge is 0.273 e. The summed E-state index contributed by atoms with van der Waals surface area (Å²) >= 11 is 6.26. The minimum atomic E-state index is -0.471. The summed E-state index contributed by atoms with van der Waals surface area (Å²) < 4.78 is 1.04. The molecule has 2 N–H and O–H groups in total.